The Balaban J connectivity index is 2.63. The van der Waals surface area contributed by atoms with Crippen molar-refractivity contribution in [3.63, 3.8) is 0 Å². The highest BCUT2D eigenvalue weighted by Crippen LogP contribution is 2.20. The lowest BCUT2D eigenvalue weighted by molar-refractivity contribution is -0.142. The zero-order chi connectivity index (χ0) is 16.0. The number of nitrogens with zero attached hydrogens (tertiary/aromatic N) is 2. The Hall–Kier alpha value is -1.59. The first-order valence-corrected chi connectivity index (χ1v) is 7.66. The molecule has 2 amide bonds. The van der Waals surface area contributed by atoms with Gasteiger partial charge < -0.3 is 14.9 Å². The van der Waals surface area contributed by atoms with E-state index in [1.807, 2.05) is 20.8 Å². The van der Waals surface area contributed by atoms with E-state index in [-0.39, 0.29) is 36.6 Å². The van der Waals surface area contributed by atoms with E-state index in [0.29, 0.717) is 19.6 Å². The van der Waals surface area contributed by atoms with E-state index in [0.717, 1.165) is 12.8 Å². The van der Waals surface area contributed by atoms with Gasteiger partial charge in [0.1, 0.15) is 0 Å². The van der Waals surface area contributed by atoms with Gasteiger partial charge in [0.05, 0.1) is 12.3 Å². The molecular weight excluding hydrogens is 272 g/mol. The Bertz CT molecular complexity index is 395. The summed E-state index contributed by atoms with van der Waals surface area (Å²) in [6.07, 6.45) is 1.55. The van der Waals surface area contributed by atoms with Gasteiger partial charge in [0, 0.05) is 32.1 Å². The third kappa shape index (κ3) is 5.02. The van der Waals surface area contributed by atoms with Crippen LogP contribution in [0.25, 0.3) is 0 Å². The molecule has 1 rings (SSSR count). The Morgan fingerprint density at radius 1 is 1.33 bits per heavy atom. The molecule has 1 aliphatic rings. The van der Waals surface area contributed by atoms with Crippen molar-refractivity contribution in [2.45, 2.75) is 40.0 Å². The molecule has 0 aromatic rings. The smallest absolute Gasteiger partial charge is 0.305 e. The number of likely N-dealkylation sites (tertiary alicyclic amines) is 1. The lowest BCUT2D eigenvalue weighted by Crippen LogP contribution is -2.48. The van der Waals surface area contributed by atoms with Gasteiger partial charge in [0.25, 0.3) is 0 Å². The topological polar surface area (TPSA) is 77.9 Å². The molecule has 1 atom stereocenters. The van der Waals surface area contributed by atoms with Crippen LogP contribution >= 0.6 is 0 Å². The van der Waals surface area contributed by atoms with Gasteiger partial charge in [-0.15, -0.1) is 0 Å². The number of amides is 2. The largest absolute Gasteiger partial charge is 0.481 e. The standard InChI is InChI=1S/C15H26N2O4/c1-4-16(9-7-13(18)19)15(21)12-6-5-8-17(10-12)14(20)11(2)3/h11-12H,4-10H2,1-3H3,(H,18,19). The molecule has 6 nitrogen and oxygen atoms in total. The van der Waals surface area contributed by atoms with Crippen molar-refractivity contribution in [3.05, 3.63) is 0 Å². The number of carbonyl (C=O) groups is 3. The number of carboxylic acids is 1. The third-order valence-corrected chi connectivity index (χ3v) is 3.87. The fourth-order valence-electron chi connectivity index (χ4n) is 2.66. The lowest BCUT2D eigenvalue weighted by Gasteiger charge is -2.35. The van der Waals surface area contributed by atoms with Gasteiger partial charge in [-0.25, -0.2) is 0 Å². The van der Waals surface area contributed by atoms with Gasteiger partial charge in [-0.05, 0) is 19.8 Å². The van der Waals surface area contributed by atoms with Crippen LogP contribution in [0.1, 0.15) is 40.0 Å². The van der Waals surface area contributed by atoms with Crippen molar-refractivity contribution in [1.29, 1.82) is 0 Å². The summed E-state index contributed by atoms with van der Waals surface area (Å²) in [5, 5.41) is 8.74. The Kier molecular flexibility index (Phi) is 6.65. The predicted molar refractivity (Wildman–Crippen MR) is 78.6 cm³/mol. The minimum absolute atomic E-state index is 0.0278. The van der Waals surface area contributed by atoms with Crippen molar-refractivity contribution in [1.82, 2.24) is 9.80 Å². The van der Waals surface area contributed by atoms with E-state index in [9.17, 15) is 14.4 Å². The normalized spacial score (nSPS) is 18.7. The van der Waals surface area contributed by atoms with Crippen molar-refractivity contribution in [2.24, 2.45) is 11.8 Å². The molecule has 0 aromatic carbocycles. The Morgan fingerprint density at radius 2 is 2.00 bits per heavy atom. The summed E-state index contributed by atoms with van der Waals surface area (Å²) in [5.41, 5.74) is 0. The maximum atomic E-state index is 12.5. The second kappa shape index (κ2) is 8.00. The predicted octanol–water partition coefficient (Wildman–Crippen LogP) is 1.20. The summed E-state index contributed by atoms with van der Waals surface area (Å²) in [4.78, 5) is 38.5. The molecule has 120 valence electrons. The second-order valence-corrected chi connectivity index (χ2v) is 5.84. The van der Waals surface area contributed by atoms with Crippen LogP contribution in [0, 0.1) is 11.8 Å². The van der Waals surface area contributed by atoms with Gasteiger partial charge >= 0.3 is 5.97 Å². The van der Waals surface area contributed by atoms with E-state index in [2.05, 4.69) is 0 Å². The van der Waals surface area contributed by atoms with Crippen molar-refractivity contribution >= 4 is 17.8 Å². The molecule has 0 bridgehead atoms. The second-order valence-electron chi connectivity index (χ2n) is 5.84. The molecule has 1 heterocycles. The molecule has 0 aliphatic carbocycles. The van der Waals surface area contributed by atoms with Crippen LogP contribution in [-0.4, -0.2) is 58.9 Å². The first-order valence-electron chi connectivity index (χ1n) is 7.66. The minimum atomic E-state index is -0.901. The van der Waals surface area contributed by atoms with Gasteiger partial charge in [0.15, 0.2) is 0 Å². The molecule has 6 heteroatoms. The van der Waals surface area contributed by atoms with Crippen LogP contribution in [0.3, 0.4) is 0 Å². The van der Waals surface area contributed by atoms with E-state index >= 15 is 0 Å². The number of rotatable bonds is 6. The number of carboxylic acid groups (broad SMARTS) is 1. The highest BCUT2D eigenvalue weighted by Gasteiger charge is 2.31. The van der Waals surface area contributed by atoms with Crippen LogP contribution in [0.5, 0.6) is 0 Å². The van der Waals surface area contributed by atoms with Crippen LogP contribution in [0.4, 0.5) is 0 Å². The van der Waals surface area contributed by atoms with Crippen LogP contribution < -0.4 is 0 Å². The summed E-state index contributed by atoms with van der Waals surface area (Å²) in [6.45, 7) is 7.47. The van der Waals surface area contributed by atoms with Gasteiger partial charge in [-0.1, -0.05) is 13.8 Å². The quantitative estimate of drug-likeness (QED) is 0.799. The maximum Gasteiger partial charge on any atom is 0.305 e. The molecule has 0 spiro atoms. The summed E-state index contributed by atoms with van der Waals surface area (Å²) in [6, 6.07) is 0. The zero-order valence-corrected chi connectivity index (χ0v) is 13.2. The zero-order valence-electron chi connectivity index (χ0n) is 13.2. The van der Waals surface area contributed by atoms with E-state index in [4.69, 9.17) is 5.11 Å². The molecule has 1 N–H and O–H groups in total. The molecule has 1 saturated heterocycles. The fraction of sp³-hybridized carbons (Fsp3) is 0.800. The number of carbonyl (C=O) groups excluding carboxylic acids is 2. The maximum absolute atomic E-state index is 12.5. The molecule has 1 aliphatic heterocycles. The highest BCUT2D eigenvalue weighted by atomic mass is 16.4. The monoisotopic (exact) mass is 298 g/mol. The minimum Gasteiger partial charge on any atom is -0.481 e. The first kappa shape index (κ1) is 17.5. The van der Waals surface area contributed by atoms with Gasteiger partial charge in [0.2, 0.25) is 11.8 Å². The lowest BCUT2D eigenvalue weighted by atomic mass is 9.95. The van der Waals surface area contributed by atoms with Crippen LogP contribution in [0.2, 0.25) is 0 Å². The molecule has 0 radical (unpaired) electrons. The van der Waals surface area contributed by atoms with E-state index < -0.39 is 5.97 Å². The van der Waals surface area contributed by atoms with Crippen molar-refractivity contribution in [3.8, 4) is 0 Å². The molecule has 21 heavy (non-hydrogen) atoms. The Morgan fingerprint density at radius 3 is 2.52 bits per heavy atom. The molecule has 1 fully saturated rings. The summed E-state index contributed by atoms with van der Waals surface area (Å²) >= 11 is 0. The number of hydrogen-bond donors (Lipinski definition) is 1. The molecule has 0 aromatic heterocycles. The van der Waals surface area contributed by atoms with Crippen molar-refractivity contribution in [2.75, 3.05) is 26.2 Å². The van der Waals surface area contributed by atoms with E-state index in [1.165, 1.54) is 0 Å². The molecule has 1 unspecified atom stereocenters. The molecule has 0 saturated carbocycles. The van der Waals surface area contributed by atoms with Crippen LogP contribution in [0.15, 0.2) is 0 Å². The van der Waals surface area contributed by atoms with E-state index in [1.54, 1.807) is 9.80 Å². The number of piperidine rings is 1. The average molecular weight is 298 g/mol. The summed E-state index contributed by atoms with van der Waals surface area (Å²) in [7, 11) is 0. The summed E-state index contributed by atoms with van der Waals surface area (Å²) < 4.78 is 0. The molecular formula is C15H26N2O4. The highest BCUT2D eigenvalue weighted by molar-refractivity contribution is 5.82. The SMILES string of the molecule is CCN(CCC(=O)O)C(=O)C1CCCN(C(=O)C(C)C)C1. The Labute approximate surface area is 126 Å². The fourth-order valence-corrected chi connectivity index (χ4v) is 2.66. The van der Waals surface area contributed by atoms with Gasteiger partial charge in [-0.3, -0.25) is 14.4 Å². The number of aliphatic carboxylic acids is 1. The van der Waals surface area contributed by atoms with Crippen LogP contribution in [-0.2, 0) is 14.4 Å². The van der Waals surface area contributed by atoms with Crippen molar-refractivity contribution < 1.29 is 19.5 Å². The number of hydrogen-bond acceptors (Lipinski definition) is 3. The summed E-state index contributed by atoms with van der Waals surface area (Å²) in [5.74, 6) is -1.11. The average Bonchev–Trinajstić information content (AvgIpc) is 2.46. The first-order chi connectivity index (χ1) is 9.86. The third-order valence-electron chi connectivity index (χ3n) is 3.87. The van der Waals surface area contributed by atoms with Gasteiger partial charge in [-0.2, -0.15) is 0 Å².